The molecule has 0 aliphatic carbocycles. The van der Waals surface area contributed by atoms with Crippen molar-refractivity contribution in [1.29, 1.82) is 0 Å². The lowest BCUT2D eigenvalue weighted by Gasteiger charge is -2.06. The highest BCUT2D eigenvalue weighted by Gasteiger charge is 2.06. The van der Waals surface area contributed by atoms with Crippen LogP contribution < -0.4 is 5.56 Å². The molecule has 0 N–H and O–H groups in total. The van der Waals surface area contributed by atoms with E-state index in [4.69, 9.17) is 11.6 Å². The van der Waals surface area contributed by atoms with Gasteiger partial charge in [-0.1, -0.05) is 11.6 Å². The van der Waals surface area contributed by atoms with Gasteiger partial charge in [0, 0.05) is 11.6 Å². The van der Waals surface area contributed by atoms with Gasteiger partial charge in [0.2, 0.25) is 0 Å². The maximum atomic E-state index is 13.3. The lowest BCUT2D eigenvalue weighted by Crippen LogP contribution is -2.20. The number of benzene rings is 1. The molecular formula is C11H7ClF2N2O. The number of rotatable bonds is 2. The summed E-state index contributed by atoms with van der Waals surface area (Å²) in [4.78, 5) is 15.2. The second-order valence-corrected chi connectivity index (χ2v) is 3.80. The third-order valence-corrected chi connectivity index (χ3v) is 2.40. The van der Waals surface area contributed by atoms with Crippen molar-refractivity contribution < 1.29 is 8.78 Å². The van der Waals surface area contributed by atoms with Crippen molar-refractivity contribution in [3.05, 3.63) is 63.3 Å². The molecule has 1 aromatic carbocycles. The highest BCUT2D eigenvalue weighted by Crippen LogP contribution is 2.10. The van der Waals surface area contributed by atoms with E-state index in [1.165, 1.54) is 6.33 Å². The van der Waals surface area contributed by atoms with Crippen LogP contribution in [-0.2, 0) is 6.54 Å². The maximum Gasteiger partial charge on any atom is 0.255 e. The second-order valence-electron chi connectivity index (χ2n) is 3.41. The van der Waals surface area contributed by atoms with E-state index in [0.717, 1.165) is 28.8 Å². The molecule has 0 fully saturated rings. The van der Waals surface area contributed by atoms with Crippen molar-refractivity contribution in [2.45, 2.75) is 6.54 Å². The normalized spacial score (nSPS) is 10.5. The van der Waals surface area contributed by atoms with E-state index in [-0.39, 0.29) is 17.3 Å². The standard InChI is InChI=1S/C11H7ClF2N2O/c12-10-4-11(17)16(6-15-10)5-7-3-8(13)1-2-9(7)14/h1-4,6H,5H2. The zero-order valence-corrected chi connectivity index (χ0v) is 9.29. The number of aromatic nitrogens is 2. The van der Waals surface area contributed by atoms with Crippen LogP contribution in [0.3, 0.4) is 0 Å². The Morgan fingerprint density at radius 3 is 2.76 bits per heavy atom. The van der Waals surface area contributed by atoms with E-state index >= 15 is 0 Å². The summed E-state index contributed by atoms with van der Waals surface area (Å²) >= 11 is 5.52. The average Bonchev–Trinajstić information content (AvgIpc) is 2.27. The Morgan fingerprint density at radius 1 is 1.29 bits per heavy atom. The highest BCUT2D eigenvalue weighted by atomic mass is 35.5. The highest BCUT2D eigenvalue weighted by molar-refractivity contribution is 6.29. The zero-order valence-electron chi connectivity index (χ0n) is 8.53. The summed E-state index contributed by atoms with van der Waals surface area (Å²) < 4.78 is 27.4. The van der Waals surface area contributed by atoms with E-state index in [2.05, 4.69) is 4.98 Å². The van der Waals surface area contributed by atoms with Crippen molar-refractivity contribution in [1.82, 2.24) is 9.55 Å². The number of hydrogen-bond donors (Lipinski definition) is 0. The Labute approximate surface area is 100 Å². The minimum Gasteiger partial charge on any atom is -0.295 e. The summed E-state index contributed by atoms with van der Waals surface area (Å²) in [6.45, 7) is -0.0907. The molecule has 0 unspecified atom stereocenters. The average molecular weight is 257 g/mol. The Hall–Kier alpha value is -1.75. The summed E-state index contributed by atoms with van der Waals surface area (Å²) in [6.07, 6.45) is 1.19. The number of hydrogen-bond acceptors (Lipinski definition) is 2. The van der Waals surface area contributed by atoms with Gasteiger partial charge < -0.3 is 0 Å². The van der Waals surface area contributed by atoms with Gasteiger partial charge >= 0.3 is 0 Å². The summed E-state index contributed by atoms with van der Waals surface area (Å²) in [7, 11) is 0. The lowest BCUT2D eigenvalue weighted by molar-refractivity contribution is 0.573. The molecule has 0 saturated heterocycles. The molecule has 0 bridgehead atoms. The van der Waals surface area contributed by atoms with Crippen LogP contribution in [0.2, 0.25) is 5.15 Å². The maximum absolute atomic E-state index is 13.3. The Kier molecular flexibility index (Phi) is 3.19. The molecule has 1 heterocycles. The first-order valence-corrected chi connectivity index (χ1v) is 5.10. The van der Waals surface area contributed by atoms with Gasteiger partial charge in [0.1, 0.15) is 16.8 Å². The first-order valence-electron chi connectivity index (χ1n) is 4.72. The van der Waals surface area contributed by atoms with Crippen molar-refractivity contribution in [3.8, 4) is 0 Å². The Balaban J connectivity index is 2.38. The van der Waals surface area contributed by atoms with Gasteiger partial charge in [-0.2, -0.15) is 0 Å². The van der Waals surface area contributed by atoms with E-state index in [9.17, 15) is 13.6 Å². The molecule has 0 spiro atoms. The molecule has 88 valence electrons. The van der Waals surface area contributed by atoms with Gasteiger partial charge in [-0.15, -0.1) is 0 Å². The van der Waals surface area contributed by atoms with E-state index in [1.54, 1.807) is 0 Å². The van der Waals surface area contributed by atoms with E-state index in [0.29, 0.717) is 0 Å². The molecule has 0 atom stereocenters. The van der Waals surface area contributed by atoms with E-state index in [1.807, 2.05) is 0 Å². The topological polar surface area (TPSA) is 34.9 Å². The van der Waals surface area contributed by atoms with Crippen LogP contribution in [0.15, 0.2) is 35.4 Å². The van der Waals surface area contributed by atoms with Crippen LogP contribution in [0.4, 0.5) is 8.78 Å². The third-order valence-electron chi connectivity index (χ3n) is 2.19. The zero-order chi connectivity index (χ0) is 12.4. The largest absolute Gasteiger partial charge is 0.295 e. The summed E-state index contributed by atoms with van der Waals surface area (Å²) in [5, 5.41) is 0.0611. The van der Waals surface area contributed by atoms with Crippen molar-refractivity contribution in [3.63, 3.8) is 0 Å². The molecule has 2 rings (SSSR count). The van der Waals surface area contributed by atoms with Gasteiger partial charge in [-0.05, 0) is 18.2 Å². The quantitative estimate of drug-likeness (QED) is 0.773. The molecule has 0 aliphatic heterocycles. The number of halogens is 3. The predicted molar refractivity (Wildman–Crippen MR) is 59.0 cm³/mol. The SMILES string of the molecule is O=c1cc(Cl)ncn1Cc1cc(F)ccc1F. The molecule has 2 aromatic rings. The fourth-order valence-corrected chi connectivity index (χ4v) is 1.51. The molecule has 3 nitrogen and oxygen atoms in total. The monoisotopic (exact) mass is 256 g/mol. The predicted octanol–water partition coefficient (Wildman–Crippen LogP) is 2.22. The van der Waals surface area contributed by atoms with Gasteiger partial charge in [0.25, 0.3) is 5.56 Å². The fourth-order valence-electron chi connectivity index (χ4n) is 1.37. The van der Waals surface area contributed by atoms with Crippen molar-refractivity contribution in [2.24, 2.45) is 0 Å². The van der Waals surface area contributed by atoms with Gasteiger partial charge in [-0.25, -0.2) is 13.8 Å². The fraction of sp³-hybridized carbons (Fsp3) is 0.0909. The molecule has 17 heavy (non-hydrogen) atoms. The van der Waals surface area contributed by atoms with Crippen LogP contribution in [-0.4, -0.2) is 9.55 Å². The molecule has 0 amide bonds. The van der Waals surface area contributed by atoms with Crippen LogP contribution in [0.25, 0.3) is 0 Å². The summed E-state index contributed by atoms with van der Waals surface area (Å²) in [5.41, 5.74) is -0.343. The van der Waals surface area contributed by atoms with Crippen molar-refractivity contribution >= 4 is 11.6 Å². The van der Waals surface area contributed by atoms with E-state index < -0.39 is 17.2 Å². The molecule has 0 saturated carbocycles. The van der Waals surface area contributed by atoms with Crippen LogP contribution in [0, 0.1) is 11.6 Å². The van der Waals surface area contributed by atoms with Crippen LogP contribution in [0.5, 0.6) is 0 Å². The third kappa shape index (κ3) is 2.68. The molecular weight excluding hydrogens is 250 g/mol. The Morgan fingerprint density at radius 2 is 2.06 bits per heavy atom. The summed E-state index contributed by atoms with van der Waals surface area (Å²) in [5.74, 6) is -1.13. The number of nitrogens with zero attached hydrogens (tertiary/aromatic N) is 2. The minimum absolute atomic E-state index is 0.0611. The second kappa shape index (κ2) is 4.63. The van der Waals surface area contributed by atoms with Crippen molar-refractivity contribution in [2.75, 3.05) is 0 Å². The lowest BCUT2D eigenvalue weighted by atomic mass is 10.2. The smallest absolute Gasteiger partial charge is 0.255 e. The van der Waals surface area contributed by atoms with Gasteiger partial charge in [0.15, 0.2) is 0 Å². The molecule has 0 radical (unpaired) electrons. The molecule has 6 heteroatoms. The summed E-state index contributed by atoms with van der Waals surface area (Å²) in [6, 6.07) is 4.18. The molecule has 0 aliphatic rings. The minimum atomic E-state index is -0.576. The van der Waals surface area contributed by atoms with Crippen LogP contribution >= 0.6 is 11.6 Å². The first-order chi connectivity index (χ1) is 8.06. The van der Waals surface area contributed by atoms with Gasteiger partial charge in [0.05, 0.1) is 12.9 Å². The van der Waals surface area contributed by atoms with Crippen LogP contribution in [0.1, 0.15) is 5.56 Å². The molecule has 1 aromatic heterocycles. The first kappa shape index (κ1) is 11.7. The van der Waals surface area contributed by atoms with Gasteiger partial charge in [-0.3, -0.25) is 9.36 Å². The Bertz CT molecular complexity index is 613.